The van der Waals surface area contributed by atoms with Gasteiger partial charge in [0.1, 0.15) is 23.0 Å². The minimum atomic E-state index is -0.522. The number of benzene rings is 4. The summed E-state index contributed by atoms with van der Waals surface area (Å²) < 4.78 is 30.0. The third kappa shape index (κ3) is 4.58. The standard InChI is InChI=1S/C29H22BNO5/c1-19-3-7-23(8-4-19)34-25-11-13-27-20(15-25)17-32-29(27)36-30-28-14-12-26(16-21(28)18-33-30)35-24-9-5-22(31-2)6-10-24/h3-16,29H,17-18H2,1H3. The van der Waals surface area contributed by atoms with Gasteiger partial charge in [-0.25, -0.2) is 4.85 Å². The lowest BCUT2D eigenvalue weighted by Gasteiger charge is -2.16. The lowest BCUT2D eigenvalue weighted by molar-refractivity contribution is -0.0843. The molecule has 36 heavy (non-hydrogen) atoms. The van der Waals surface area contributed by atoms with Crippen molar-refractivity contribution in [3.05, 3.63) is 119 Å². The number of nitrogens with zero attached hydrogens (tertiary/aromatic N) is 1. The lowest BCUT2D eigenvalue weighted by Crippen LogP contribution is -2.33. The Bertz CT molecular complexity index is 1450. The normalized spacial score (nSPS) is 15.8. The van der Waals surface area contributed by atoms with Gasteiger partial charge in [0.15, 0.2) is 12.0 Å². The van der Waals surface area contributed by atoms with Crippen molar-refractivity contribution < 1.29 is 23.5 Å². The minimum Gasteiger partial charge on any atom is -0.457 e. The van der Waals surface area contributed by atoms with Gasteiger partial charge in [0.2, 0.25) is 0 Å². The zero-order valence-electron chi connectivity index (χ0n) is 19.6. The average Bonchev–Trinajstić information content (AvgIpc) is 3.49. The van der Waals surface area contributed by atoms with E-state index in [-0.39, 0.29) is 0 Å². The summed E-state index contributed by atoms with van der Waals surface area (Å²) in [5.74, 6) is 2.94. The van der Waals surface area contributed by atoms with Crippen LogP contribution in [0, 0.1) is 13.5 Å². The molecule has 7 heteroatoms. The Labute approximate surface area is 209 Å². The molecule has 0 aromatic heterocycles. The maximum absolute atomic E-state index is 7.06. The smallest absolute Gasteiger partial charge is 0.457 e. The molecule has 1 atom stereocenters. The Hall–Kier alpha value is -4.09. The number of ether oxygens (including phenoxy) is 3. The molecular weight excluding hydrogens is 453 g/mol. The van der Waals surface area contributed by atoms with Crippen molar-refractivity contribution in [2.45, 2.75) is 26.4 Å². The van der Waals surface area contributed by atoms with Gasteiger partial charge in [-0.2, -0.15) is 0 Å². The van der Waals surface area contributed by atoms with Gasteiger partial charge in [0.05, 0.1) is 19.8 Å². The number of hydrogen-bond acceptors (Lipinski definition) is 5. The van der Waals surface area contributed by atoms with Crippen molar-refractivity contribution in [3.63, 3.8) is 0 Å². The van der Waals surface area contributed by atoms with Gasteiger partial charge in [-0.05, 0) is 78.1 Å². The van der Waals surface area contributed by atoms with E-state index in [9.17, 15) is 0 Å². The van der Waals surface area contributed by atoms with Gasteiger partial charge in [0, 0.05) is 5.56 Å². The fourth-order valence-electron chi connectivity index (χ4n) is 4.32. The number of aryl methyl sites for hydroxylation is 1. The van der Waals surface area contributed by atoms with Crippen LogP contribution in [0.2, 0.25) is 0 Å². The van der Waals surface area contributed by atoms with E-state index in [0.717, 1.165) is 33.7 Å². The van der Waals surface area contributed by atoms with Crippen LogP contribution in [0.5, 0.6) is 23.0 Å². The summed E-state index contributed by atoms with van der Waals surface area (Å²) in [6, 6.07) is 26.7. The predicted octanol–water partition coefficient (Wildman–Crippen LogP) is 6.60. The van der Waals surface area contributed by atoms with E-state index in [1.165, 1.54) is 5.56 Å². The summed E-state index contributed by atoms with van der Waals surface area (Å²) in [4.78, 5) is 3.40. The van der Waals surface area contributed by atoms with Gasteiger partial charge in [0.25, 0.3) is 0 Å². The van der Waals surface area contributed by atoms with Gasteiger partial charge in [-0.1, -0.05) is 35.9 Å². The molecular formula is C29H22BNO5. The molecule has 2 aliphatic rings. The topological polar surface area (TPSA) is 50.5 Å². The summed E-state index contributed by atoms with van der Waals surface area (Å²) in [5.41, 5.74) is 5.76. The fourth-order valence-corrected chi connectivity index (χ4v) is 4.32. The molecule has 1 unspecified atom stereocenters. The molecule has 0 N–H and O–H groups in total. The molecule has 0 aliphatic carbocycles. The second-order valence-corrected chi connectivity index (χ2v) is 8.77. The van der Waals surface area contributed by atoms with Crippen LogP contribution in [-0.4, -0.2) is 7.12 Å². The monoisotopic (exact) mass is 475 g/mol. The van der Waals surface area contributed by atoms with Crippen LogP contribution >= 0.6 is 0 Å². The number of fused-ring (bicyclic) bond motifs is 2. The van der Waals surface area contributed by atoms with Crippen LogP contribution in [0.25, 0.3) is 4.85 Å². The molecule has 0 saturated carbocycles. The van der Waals surface area contributed by atoms with E-state index in [1.54, 1.807) is 24.3 Å². The van der Waals surface area contributed by atoms with Gasteiger partial charge < -0.3 is 23.5 Å². The molecule has 0 saturated heterocycles. The van der Waals surface area contributed by atoms with Crippen LogP contribution in [0.3, 0.4) is 0 Å². The summed E-state index contributed by atoms with van der Waals surface area (Å²) in [5, 5.41) is 0. The van der Waals surface area contributed by atoms with Crippen LogP contribution in [0.15, 0.2) is 84.9 Å². The Morgan fingerprint density at radius 2 is 1.42 bits per heavy atom. The minimum absolute atomic E-state index is 0.427. The second kappa shape index (κ2) is 9.52. The van der Waals surface area contributed by atoms with Crippen molar-refractivity contribution in [2.75, 3.05) is 0 Å². The molecule has 176 valence electrons. The third-order valence-electron chi connectivity index (χ3n) is 6.22. The Kier molecular flexibility index (Phi) is 5.92. The SMILES string of the molecule is [C-]#[N+]c1ccc(Oc2ccc3c(c2)COB3OC2OCc3cc(Oc4ccc(C)cc4)ccc32)cc1. The highest BCUT2D eigenvalue weighted by Crippen LogP contribution is 2.36. The van der Waals surface area contributed by atoms with Crippen molar-refractivity contribution >= 4 is 18.3 Å². The molecule has 2 heterocycles. The average molecular weight is 475 g/mol. The molecule has 0 radical (unpaired) electrons. The first-order valence-electron chi connectivity index (χ1n) is 11.7. The van der Waals surface area contributed by atoms with Crippen LogP contribution in [0.1, 0.15) is 28.5 Å². The Balaban J connectivity index is 1.12. The highest BCUT2D eigenvalue weighted by atomic mass is 16.7. The molecule has 6 nitrogen and oxygen atoms in total. The van der Waals surface area contributed by atoms with Crippen LogP contribution < -0.4 is 14.9 Å². The van der Waals surface area contributed by atoms with Crippen molar-refractivity contribution in [2.24, 2.45) is 0 Å². The summed E-state index contributed by atoms with van der Waals surface area (Å²) in [6.07, 6.45) is -0.513. The van der Waals surface area contributed by atoms with Gasteiger partial charge >= 0.3 is 7.12 Å². The summed E-state index contributed by atoms with van der Waals surface area (Å²) >= 11 is 0. The largest absolute Gasteiger partial charge is 0.496 e. The van der Waals surface area contributed by atoms with Gasteiger partial charge in [-0.3, -0.25) is 0 Å². The lowest BCUT2D eigenvalue weighted by atomic mass is 9.78. The predicted molar refractivity (Wildman–Crippen MR) is 136 cm³/mol. The van der Waals surface area contributed by atoms with E-state index in [1.807, 2.05) is 67.6 Å². The quantitative estimate of drug-likeness (QED) is 0.232. The van der Waals surface area contributed by atoms with E-state index >= 15 is 0 Å². The molecule has 4 aromatic carbocycles. The molecule has 0 amide bonds. The van der Waals surface area contributed by atoms with Gasteiger partial charge in [-0.15, -0.1) is 0 Å². The maximum Gasteiger partial charge on any atom is 0.496 e. The second-order valence-electron chi connectivity index (χ2n) is 8.77. The maximum atomic E-state index is 7.06. The van der Waals surface area contributed by atoms with Crippen LogP contribution in [0.4, 0.5) is 5.69 Å². The first-order valence-corrected chi connectivity index (χ1v) is 11.7. The van der Waals surface area contributed by atoms with E-state index in [0.29, 0.717) is 30.4 Å². The molecule has 0 bridgehead atoms. The van der Waals surface area contributed by atoms with Crippen LogP contribution in [-0.2, 0) is 27.3 Å². The van der Waals surface area contributed by atoms with E-state index in [2.05, 4.69) is 4.85 Å². The molecule has 0 fully saturated rings. The highest BCUT2D eigenvalue weighted by molar-refractivity contribution is 6.62. The summed E-state index contributed by atoms with van der Waals surface area (Å²) in [7, 11) is -0.522. The zero-order valence-corrected chi connectivity index (χ0v) is 19.6. The Morgan fingerprint density at radius 3 is 2.14 bits per heavy atom. The summed E-state index contributed by atoms with van der Waals surface area (Å²) in [6.45, 7) is 9.98. The first kappa shape index (κ1) is 22.4. The first-order chi connectivity index (χ1) is 17.6. The molecule has 2 aliphatic heterocycles. The zero-order chi connectivity index (χ0) is 24.5. The number of rotatable bonds is 6. The van der Waals surface area contributed by atoms with Crippen molar-refractivity contribution in [3.8, 4) is 23.0 Å². The number of hydrogen-bond donors (Lipinski definition) is 0. The Morgan fingerprint density at radius 1 is 0.778 bits per heavy atom. The highest BCUT2D eigenvalue weighted by Gasteiger charge is 2.36. The third-order valence-corrected chi connectivity index (χ3v) is 6.22. The van der Waals surface area contributed by atoms with E-state index < -0.39 is 13.4 Å². The van der Waals surface area contributed by atoms with Crippen molar-refractivity contribution in [1.29, 1.82) is 0 Å². The van der Waals surface area contributed by atoms with E-state index in [4.69, 9.17) is 30.1 Å². The molecule has 4 aromatic rings. The fraction of sp³-hybridized carbons (Fsp3) is 0.138. The molecule has 0 spiro atoms. The van der Waals surface area contributed by atoms with Crippen molar-refractivity contribution in [1.82, 2.24) is 0 Å². The molecule has 6 rings (SSSR count).